The molecule has 0 saturated carbocycles. The summed E-state index contributed by atoms with van der Waals surface area (Å²) in [6.07, 6.45) is -0.0570. The van der Waals surface area contributed by atoms with Gasteiger partial charge in [0.15, 0.2) is 6.17 Å². The van der Waals surface area contributed by atoms with Crippen molar-refractivity contribution >= 4 is 5.90 Å². The van der Waals surface area contributed by atoms with E-state index < -0.39 is 0 Å². The van der Waals surface area contributed by atoms with Crippen molar-refractivity contribution in [3.63, 3.8) is 0 Å². The molecule has 0 bridgehead atoms. The van der Waals surface area contributed by atoms with Gasteiger partial charge in [0.05, 0.1) is 6.54 Å². The number of hydroxylamine groups is 2. The number of nitrogens with zero attached hydrogens (tertiary/aromatic N) is 2. The fourth-order valence-corrected chi connectivity index (χ4v) is 2.68. The molecule has 1 N–H and O–H groups in total. The molecule has 1 atom stereocenters. The van der Waals surface area contributed by atoms with Gasteiger partial charge in [-0.15, -0.1) is 5.06 Å². The summed E-state index contributed by atoms with van der Waals surface area (Å²) in [6.45, 7) is 6.53. The molecular formula is C19H23N3O. The molecule has 4 heteroatoms. The van der Waals surface area contributed by atoms with E-state index in [1.807, 2.05) is 11.1 Å². The van der Waals surface area contributed by atoms with Crippen LogP contribution in [0.3, 0.4) is 0 Å². The van der Waals surface area contributed by atoms with Crippen LogP contribution in [0.25, 0.3) is 11.1 Å². The van der Waals surface area contributed by atoms with Crippen molar-refractivity contribution in [2.24, 2.45) is 4.99 Å². The average molecular weight is 309 g/mol. The fourth-order valence-electron chi connectivity index (χ4n) is 2.68. The predicted octanol–water partition coefficient (Wildman–Crippen LogP) is 3.63. The van der Waals surface area contributed by atoms with Gasteiger partial charge >= 0.3 is 0 Å². The molecule has 3 rings (SSSR count). The lowest BCUT2D eigenvalue weighted by Gasteiger charge is -2.19. The summed E-state index contributed by atoms with van der Waals surface area (Å²) >= 11 is 0. The average Bonchev–Trinajstić information content (AvgIpc) is 3.04. The first-order valence-electron chi connectivity index (χ1n) is 8.19. The van der Waals surface area contributed by atoms with Gasteiger partial charge in [-0.3, -0.25) is 0 Å². The molecule has 1 aliphatic heterocycles. The summed E-state index contributed by atoms with van der Waals surface area (Å²) in [7, 11) is 0. The largest absolute Gasteiger partial charge is 0.387 e. The SMILES string of the molecule is CCNCC1=N[C@@H](c2ccc(-c3ccccc3)cc2)N(CC)O1. The fraction of sp³-hybridized carbons (Fsp3) is 0.316. The zero-order valence-electron chi connectivity index (χ0n) is 13.7. The van der Waals surface area contributed by atoms with Crippen LogP contribution in [0.4, 0.5) is 0 Å². The molecule has 0 aromatic heterocycles. The number of hydrogen-bond acceptors (Lipinski definition) is 4. The van der Waals surface area contributed by atoms with Crippen molar-refractivity contribution in [3.8, 4) is 11.1 Å². The number of aliphatic imine (C=N–C) groups is 1. The van der Waals surface area contributed by atoms with E-state index in [4.69, 9.17) is 9.83 Å². The molecule has 1 heterocycles. The van der Waals surface area contributed by atoms with Gasteiger partial charge in [-0.05, 0) is 30.2 Å². The lowest BCUT2D eigenvalue weighted by molar-refractivity contribution is -0.0810. The van der Waals surface area contributed by atoms with E-state index in [1.54, 1.807) is 0 Å². The molecule has 0 saturated heterocycles. The molecule has 2 aromatic carbocycles. The Hall–Kier alpha value is -2.17. The van der Waals surface area contributed by atoms with Crippen LogP contribution in [0.1, 0.15) is 25.6 Å². The summed E-state index contributed by atoms with van der Waals surface area (Å²) in [6, 6.07) is 19.0. The molecule has 0 spiro atoms. The maximum absolute atomic E-state index is 5.82. The van der Waals surface area contributed by atoms with Crippen molar-refractivity contribution < 1.29 is 4.84 Å². The second kappa shape index (κ2) is 7.40. The van der Waals surface area contributed by atoms with Crippen LogP contribution in [0.5, 0.6) is 0 Å². The third-order valence-corrected chi connectivity index (χ3v) is 3.92. The van der Waals surface area contributed by atoms with Crippen molar-refractivity contribution in [2.45, 2.75) is 20.0 Å². The molecule has 2 aromatic rings. The summed E-state index contributed by atoms with van der Waals surface area (Å²) in [4.78, 5) is 10.5. The van der Waals surface area contributed by atoms with Crippen LogP contribution in [-0.4, -0.2) is 30.6 Å². The summed E-state index contributed by atoms with van der Waals surface area (Å²) in [5.74, 6) is 0.755. The highest BCUT2D eigenvalue weighted by atomic mass is 16.7. The van der Waals surface area contributed by atoms with E-state index >= 15 is 0 Å². The first-order chi connectivity index (χ1) is 11.3. The molecule has 23 heavy (non-hydrogen) atoms. The van der Waals surface area contributed by atoms with Crippen LogP contribution < -0.4 is 5.32 Å². The molecule has 120 valence electrons. The van der Waals surface area contributed by atoms with Crippen molar-refractivity contribution in [1.82, 2.24) is 10.4 Å². The van der Waals surface area contributed by atoms with Crippen LogP contribution in [0.15, 0.2) is 59.6 Å². The Morgan fingerprint density at radius 1 is 1.00 bits per heavy atom. The summed E-state index contributed by atoms with van der Waals surface area (Å²) in [5, 5.41) is 5.18. The lowest BCUT2D eigenvalue weighted by Crippen LogP contribution is -2.27. The highest BCUT2D eigenvalue weighted by Gasteiger charge is 2.28. The zero-order chi connectivity index (χ0) is 16.1. The number of hydrogen-bond donors (Lipinski definition) is 1. The highest BCUT2D eigenvalue weighted by molar-refractivity contribution is 5.79. The minimum absolute atomic E-state index is 0.0570. The van der Waals surface area contributed by atoms with Gasteiger partial charge < -0.3 is 10.2 Å². The Kier molecular flexibility index (Phi) is 5.05. The summed E-state index contributed by atoms with van der Waals surface area (Å²) < 4.78 is 0. The van der Waals surface area contributed by atoms with Gasteiger partial charge in [-0.1, -0.05) is 61.5 Å². The normalized spacial score (nSPS) is 17.8. The third kappa shape index (κ3) is 3.60. The molecule has 0 amide bonds. The van der Waals surface area contributed by atoms with E-state index in [9.17, 15) is 0 Å². The van der Waals surface area contributed by atoms with Gasteiger partial charge in [-0.2, -0.15) is 0 Å². The first kappa shape index (κ1) is 15.7. The molecule has 0 aliphatic carbocycles. The third-order valence-electron chi connectivity index (χ3n) is 3.92. The highest BCUT2D eigenvalue weighted by Crippen LogP contribution is 2.29. The molecule has 0 fully saturated rings. The Morgan fingerprint density at radius 3 is 2.35 bits per heavy atom. The number of nitrogens with one attached hydrogen (secondary N) is 1. The minimum Gasteiger partial charge on any atom is -0.387 e. The summed E-state index contributed by atoms with van der Waals surface area (Å²) in [5.41, 5.74) is 3.59. The Labute approximate surface area is 137 Å². The van der Waals surface area contributed by atoms with Crippen LogP contribution in [0, 0.1) is 0 Å². The topological polar surface area (TPSA) is 36.9 Å². The van der Waals surface area contributed by atoms with Crippen molar-refractivity contribution in [3.05, 3.63) is 60.2 Å². The number of benzene rings is 2. The second-order valence-corrected chi connectivity index (χ2v) is 5.49. The Morgan fingerprint density at radius 2 is 1.70 bits per heavy atom. The maximum atomic E-state index is 5.82. The monoisotopic (exact) mass is 309 g/mol. The molecular weight excluding hydrogens is 286 g/mol. The quantitative estimate of drug-likeness (QED) is 0.885. The Bertz CT molecular complexity index is 652. The second-order valence-electron chi connectivity index (χ2n) is 5.49. The van der Waals surface area contributed by atoms with Gasteiger partial charge in [0.1, 0.15) is 0 Å². The van der Waals surface area contributed by atoms with E-state index in [1.165, 1.54) is 11.1 Å². The lowest BCUT2D eigenvalue weighted by atomic mass is 10.0. The first-order valence-corrected chi connectivity index (χ1v) is 8.19. The van der Waals surface area contributed by atoms with Gasteiger partial charge in [0.2, 0.25) is 5.90 Å². The van der Waals surface area contributed by atoms with E-state index in [0.717, 1.165) is 24.6 Å². The molecule has 1 aliphatic rings. The van der Waals surface area contributed by atoms with Gasteiger partial charge in [-0.25, -0.2) is 4.99 Å². The van der Waals surface area contributed by atoms with Crippen LogP contribution >= 0.6 is 0 Å². The van der Waals surface area contributed by atoms with E-state index in [2.05, 4.69) is 67.7 Å². The molecule has 0 unspecified atom stereocenters. The Balaban J connectivity index is 1.79. The molecule has 4 nitrogen and oxygen atoms in total. The molecule has 0 radical (unpaired) electrons. The minimum atomic E-state index is -0.0570. The smallest absolute Gasteiger partial charge is 0.225 e. The standard InChI is InChI=1S/C19H23N3O/c1-3-20-14-18-21-19(22(4-2)23-18)17-12-10-16(11-13-17)15-8-6-5-7-9-15/h5-13,19-20H,3-4,14H2,1-2H3/t19-/m1/s1. The number of likely N-dealkylation sites (N-methyl/N-ethyl adjacent to an activating group) is 1. The maximum Gasteiger partial charge on any atom is 0.225 e. The number of rotatable bonds is 6. The predicted molar refractivity (Wildman–Crippen MR) is 94.1 cm³/mol. The van der Waals surface area contributed by atoms with Crippen molar-refractivity contribution in [2.75, 3.05) is 19.6 Å². The van der Waals surface area contributed by atoms with Gasteiger partial charge in [0.25, 0.3) is 0 Å². The van der Waals surface area contributed by atoms with Crippen LogP contribution in [0.2, 0.25) is 0 Å². The van der Waals surface area contributed by atoms with Gasteiger partial charge in [0, 0.05) is 6.54 Å². The van der Waals surface area contributed by atoms with E-state index in [-0.39, 0.29) is 6.17 Å². The van der Waals surface area contributed by atoms with E-state index in [0.29, 0.717) is 6.54 Å². The zero-order valence-corrected chi connectivity index (χ0v) is 13.7. The van der Waals surface area contributed by atoms with Crippen molar-refractivity contribution in [1.29, 1.82) is 0 Å². The van der Waals surface area contributed by atoms with Crippen LogP contribution in [-0.2, 0) is 4.84 Å².